The smallest absolute Gasteiger partial charge is 0.257 e. The molecule has 1 saturated heterocycles. The van der Waals surface area contributed by atoms with Crippen LogP contribution in [0.3, 0.4) is 0 Å². The number of carbonyl (C=O) groups excluding carboxylic acids is 1. The van der Waals surface area contributed by atoms with E-state index in [9.17, 15) is 9.90 Å². The van der Waals surface area contributed by atoms with Crippen molar-refractivity contribution in [3.63, 3.8) is 0 Å². The fourth-order valence-corrected chi connectivity index (χ4v) is 2.79. The van der Waals surface area contributed by atoms with E-state index in [2.05, 4.69) is 5.32 Å². The van der Waals surface area contributed by atoms with E-state index in [0.29, 0.717) is 23.5 Å². The van der Waals surface area contributed by atoms with Crippen LogP contribution in [0.1, 0.15) is 10.4 Å². The number of phenols is 1. The van der Waals surface area contributed by atoms with Gasteiger partial charge in [-0.3, -0.25) is 4.79 Å². The fraction of sp³-hybridized carbons (Fsp3) is 0.267. The first-order valence-corrected chi connectivity index (χ1v) is 6.96. The molecule has 0 radical (unpaired) electrons. The molecule has 0 atom stereocenters. The number of piperazine rings is 1. The summed E-state index contributed by atoms with van der Waals surface area (Å²) >= 11 is 6.22. The van der Waals surface area contributed by atoms with Gasteiger partial charge in [-0.1, -0.05) is 35.9 Å². The van der Waals surface area contributed by atoms with Gasteiger partial charge in [0.25, 0.3) is 5.91 Å². The van der Waals surface area contributed by atoms with Crippen molar-refractivity contribution >= 4 is 40.7 Å². The monoisotopic (exact) mass is 326 g/mol. The van der Waals surface area contributed by atoms with Crippen molar-refractivity contribution in [3.05, 3.63) is 40.9 Å². The lowest BCUT2D eigenvalue weighted by Gasteiger charge is -2.28. The van der Waals surface area contributed by atoms with Crippen LogP contribution in [0.4, 0.5) is 0 Å². The van der Waals surface area contributed by atoms with E-state index < -0.39 is 0 Å². The number of halogens is 2. The lowest BCUT2D eigenvalue weighted by Crippen LogP contribution is -2.46. The van der Waals surface area contributed by atoms with Gasteiger partial charge in [-0.15, -0.1) is 12.4 Å². The van der Waals surface area contributed by atoms with Gasteiger partial charge >= 0.3 is 0 Å². The molecule has 3 rings (SSSR count). The standard InChI is InChI=1S/C15H15ClN2O2.ClH/c16-13-9-12(15(20)18-7-5-17-6-8-18)14(19)11-4-2-1-3-10(11)13;/h1-4,9,17,19H,5-8H2;1H. The van der Waals surface area contributed by atoms with Gasteiger partial charge in [-0.25, -0.2) is 0 Å². The van der Waals surface area contributed by atoms with Gasteiger partial charge in [0.2, 0.25) is 0 Å². The molecule has 1 aliphatic heterocycles. The van der Waals surface area contributed by atoms with Crippen LogP contribution in [-0.4, -0.2) is 42.1 Å². The Morgan fingerprint density at radius 3 is 2.48 bits per heavy atom. The zero-order valence-corrected chi connectivity index (χ0v) is 12.9. The highest BCUT2D eigenvalue weighted by Gasteiger charge is 2.22. The molecule has 2 aromatic carbocycles. The maximum atomic E-state index is 12.5. The van der Waals surface area contributed by atoms with Crippen LogP contribution < -0.4 is 5.32 Å². The van der Waals surface area contributed by atoms with Crippen LogP contribution in [0, 0.1) is 0 Å². The number of nitrogens with zero attached hydrogens (tertiary/aromatic N) is 1. The molecular weight excluding hydrogens is 311 g/mol. The third-order valence-corrected chi connectivity index (χ3v) is 3.91. The summed E-state index contributed by atoms with van der Waals surface area (Å²) in [6.07, 6.45) is 0. The van der Waals surface area contributed by atoms with Crippen LogP contribution in [0.25, 0.3) is 10.8 Å². The Morgan fingerprint density at radius 2 is 1.81 bits per heavy atom. The van der Waals surface area contributed by atoms with E-state index in [0.717, 1.165) is 18.5 Å². The minimum Gasteiger partial charge on any atom is -0.506 e. The molecule has 21 heavy (non-hydrogen) atoms. The van der Waals surface area contributed by atoms with Crippen LogP contribution in [-0.2, 0) is 0 Å². The topological polar surface area (TPSA) is 52.6 Å². The van der Waals surface area contributed by atoms with Crippen molar-refractivity contribution in [1.82, 2.24) is 10.2 Å². The largest absolute Gasteiger partial charge is 0.506 e. The van der Waals surface area contributed by atoms with E-state index in [1.54, 1.807) is 17.0 Å². The summed E-state index contributed by atoms with van der Waals surface area (Å²) in [5.41, 5.74) is 0.274. The van der Waals surface area contributed by atoms with Crippen LogP contribution in [0.15, 0.2) is 30.3 Å². The number of rotatable bonds is 1. The summed E-state index contributed by atoms with van der Waals surface area (Å²) in [5, 5.41) is 15.4. The van der Waals surface area contributed by atoms with Crippen LogP contribution in [0.2, 0.25) is 5.02 Å². The van der Waals surface area contributed by atoms with E-state index in [4.69, 9.17) is 11.6 Å². The summed E-state index contributed by atoms with van der Waals surface area (Å²) in [5.74, 6) is -0.162. The third-order valence-electron chi connectivity index (χ3n) is 3.60. The van der Waals surface area contributed by atoms with Crippen molar-refractivity contribution in [2.75, 3.05) is 26.2 Å². The first-order chi connectivity index (χ1) is 9.68. The van der Waals surface area contributed by atoms with Gasteiger partial charge in [0, 0.05) is 42.0 Å². The Hall–Kier alpha value is -1.49. The van der Waals surface area contributed by atoms with E-state index in [1.807, 2.05) is 18.2 Å². The number of aromatic hydroxyl groups is 1. The molecule has 1 amide bonds. The number of carbonyl (C=O) groups is 1. The van der Waals surface area contributed by atoms with Gasteiger partial charge in [0.15, 0.2) is 0 Å². The van der Waals surface area contributed by atoms with Gasteiger partial charge in [-0.2, -0.15) is 0 Å². The number of benzene rings is 2. The second-order valence-electron chi connectivity index (χ2n) is 4.84. The number of hydrogen-bond acceptors (Lipinski definition) is 3. The number of nitrogens with one attached hydrogen (secondary N) is 1. The average Bonchev–Trinajstić information content (AvgIpc) is 2.51. The average molecular weight is 327 g/mol. The van der Waals surface area contributed by atoms with Gasteiger partial charge in [-0.05, 0) is 6.07 Å². The maximum absolute atomic E-state index is 12.5. The summed E-state index contributed by atoms with van der Waals surface area (Å²) in [7, 11) is 0. The summed E-state index contributed by atoms with van der Waals surface area (Å²) in [6, 6.07) is 8.83. The van der Waals surface area contributed by atoms with E-state index in [-0.39, 0.29) is 29.6 Å². The van der Waals surface area contributed by atoms with E-state index in [1.165, 1.54) is 0 Å². The predicted octanol–water partition coefficient (Wildman–Crippen LogP) is 2.67. The molecule has 1 aliphatic rings. The molecule has 2 aromatic rings. The highest BCUT2D eigenvalue weighted by atomic mass is 35.5. The number of fused-ring (bicyclic) bond motifs is 1. The zero-order valence-electron chi connectivity index (χ0n) is 11.3. The molecule has 0 saturated carbocycles. The molecule has 1 heterocycles. The van der Waals surface area contributed by atoms with Crippen molar-refractivity contribution < 1.29 is 9.90 Å². The Bertz CT molecular complexity index is 670. The van der Waals surface area contributed by atoms with Crippen molar-refractivity contribution in [3.8, 4) is 5.75 Å². The normalized spacial score (nSPS) is 14.8. The van der Waals surface area contributed by atoms with Gasteiger partial charge in [0.05, 0.1) is 5.56 Å². The maximum Gasteiger partial charge on any atom is 0.257 e. The Kier molecular flexibility index (Phi) is 4.93. The van der Waals surface area contributed by atoms with Crippen LogP contribution in [0.5, 0.6) is 5.75 Å². The molecule has 4 nitrogen and oxygen atoms in total. The summed E-state index contributed by atoms with van der Waals surface area (Å²) < 4.78 is 0. The molecule has 0 aromatic heterocycles. The molecule has 6 heteroatoms. The van der Waals surface area contributed by atoms with Crippen LogP contribution >= 0.6 is 24.0 Å². The molecule has 0 unspecified atom stereocenters. The zero-order chi connectivity index (χ0) is 14.1. The predicted molar refractivity (Wildman–Crippen MR) is 86.6 cm³/mol. The van der Waals surface area contributed by atoms with E-state index >= 15 is 0 Å². The highest BCUT2D eigenvalue weighted by Crippen LogP contribution is 2.34. The van der Waals surface area contributed by atoms with Crippen molar-refractivity contribution in [1.29, 1.82) is 0 Å². The first-order valence-electron chi connectivity index (χ1n) is 6.58. The Labute approximate surface area is 134 Å². The number of hydrogen-bond donors (Lipinski definition) is 2. The van der Waals surface area contributed by atoms with Gasteiger partial charge in [0.1, 0.15) is 5.75 Å². The highest BCUT2D eigenvalue weighted by molar-refractivity contribution is 6.36. The molecule has 112 valence electrons. The molecular formula is C15H16Cl2N2O2. The Morgan fingerprint density at radius 1 is 1.19 bits per heavy atom. The lowest BCUT2D eigenvalue weighted by atomic mass is 10.0. The van der Waals surface area contributed by atoms with Crippen molar-refractivity contribution in [2.24, 2.45) is 0 Å². The fourth-order valence-electron chi connectivity index (χ4n) is 2.52. The lowest BCUT2D eigenvalue weighted by molar-refractivity contribution is 0.0733. The molecule has 0 spiro atoms. The number of phenolic OH excluding ortho intramolecular Hbond substituents is 1. The molecule has 2 N–H and O–H groups in total. The number of amides is 1. The minimum absolute atomic E-state index is 0. The molecule has 1 fully saturated rings. The summed E-state index contributed by atoms with van der Waals surface area (Å²) in [6.45, 7) is 2.83. The molecule has 0 aliphatic carbocycles. The first kappa shape index (κ1) is 15.9. The third kappa shape index (κ3) is 2.93. The second kappa shape index (κ2) is 6.52. The summed E-state index contributed by atoms with van der Waals surface area (Å²) in [4.78, 5) is 14.2. The van der Waals surface area contributed by atoms with Crippen molar-refractivity contribution in [2.45, 2.75) is 0 Å². The minimum atomic E-state index is -0.170. The second-order valence-corrected chi connectivity index (χ2v) is 5.25. The molecule has 0 bridgehead atoms. The SMILES string of the molecule is Cl.O=C(c1cc(Cl)c2ccccc2c1O)N1CCNCC1. The quantitative estimate of drug-likeness (QED) is 0.847. The van der Waals surface area contributed by atoms with Gasteiger partial charge < -0.3 is 15.3 Å². The Balaban J connectivity index is 0.00000161.